The summed E-state index contributed by atoms with van der Waals surface area (Å²) in [6.45, 7) is 8.82. The highest BCUT2D eigenvalue weighted by Gasteiger charge is 2.45. The first-order chi connectivity index (χ1) is 28.1. The highest BCUT2D eigenvalue weighted by Crippen LogP contribution is 2.51. The number of aromatic nitrogens is 4. The third kappa shape index (κ3) is 9.48. The molecule has 3 heterocycles. The van der Waals surface area contributed by atoms with Gasteiger partial charge in [-0.2, -0.15) is 10.4 Å². The number of benzene rings is 3. The third-order valence-corrected chi connectivity index (χ3v) is 11.9. The Labute approximate surface area is 342 Å². The second-order valence-electron chi connectivity index (χ2n) is 14.6. The molecule has 0 N–H and O–H groups in total. The largest absolute Gasteiger partial charge is 0.497 e. The second kappa shape index (κ2) is 19.6. The molecule has 0 bridgehead atoms. The Hall–Kier alpha value is -5.00. The number of aliphatic imine (C=N–C) groups is 1. The summed E-state index contributed by atoms with van der Waals surface area (Å²) < 4.78 is 42.9. The molecule has 15 heteroatoms. The summed E-state index contributed by atoms with van der Waals surface area (Å²) >= 11 is 0. The van der Waals surface area contributed by atoms with E-state index < -0.39 is 32.6 Å². The van der Waals surface area contributed by atoms with Crippen LogP contribution in [0.3, 0.4) is 0 Å². The lowest BCUT2D eigenvalue weighted by molar-refractivity contribution is -0.0931. The highest BCUT2D eigenvalue weighted by molar-refractivity contribution is 7.44. The molecular formula is C43H53N8O6P. The molecule has 0 aliphatic carbocycles. The molecule has 58 heavy (non-hydrogen) atoms. The lowest BCUT2D eigenvalue weighted by atomic mass is 9.80. The molecule has 1 aliphatic heterocycles. The second-order valence-corrected chi connectivity index (χ2v) is 16.0. The molecule has 0 radical (unpaired) electrons. The topological polar surface area (TPSA) is 142 Å². The van der Waals surface area contributed by atoms with E-state index in [1.807, 2.05) is 85.7 Å². The lowest BCUT2D eigenvalue weighted by Crippen LogP contribution is -2.39. The van der Waals surface area contributed by atoms with E-state index in [4.69, 9.17) is 33.1 Å². The average molecular weight is 809 g/mol. The van der Waals surface area contributed by atoms with E-state index in [2.05, 4.69) is 65.5 Å². The van der Waals surface area contributed by atoms with E-state index in [1.54, 1.807) is 31.4 Å². The van der Waals surface area contributed by atoms with Gasteiger partial charge in [-0.05, 0) is 68.7 Å². The summed E-state index contributed by atoms with van der Waals surface area (Å²) in [5.41, 5.74) is 2.20. The van der Waals surface area contributed by atoms with Crippen LogP contribution in [0.1, 0.15) is 63.5 Å². The molecule has 6 rings (SSSR count). The van der Waals surface area contributed by atoms with Gasteiger partial charge in [-0.25, -0.2) is 24.3 Å². The summed E-state index contributed by atoms with van der Waals surface area (Å²) in [6.07, 6.45) is 3.86. The van der Waals surface area contributed by atoms with Crippen LogP contribution < -0.4 is 9.47 Å². The molecule has 1 aliphatic rings. The van der Waals surface area contributed by atoms with Crippen molar-refractivity contribution in [3.8, 4) is 17.6 Å². The van der Waals surface area contributed by atoms with Gasteiger partial charge in [-0.3, -0.25) is 0 Å². The summed E-state index contributed by atoms with van der Waals surface area (Å²) in [5, 5.41) is 14.8. The minimum Gasteiger partial charge on any atom is -0.497 e. The van der Waals surface area contributed by atoms with Gasteiger partial charge in [0.25, 0.3) is 8.53 Å². The van der Waals surface area contributed by atoms with E-state index in [9.17, 15) is 5.26 Å². The SMILES string of the molecule is COc1ccc(C(OC[C@H]2O[C@@H](n3ncc4c(/N=C/N(C)C)ncnc43)C[C@@H]2OP(OCCC#N)N(C(C)C)C(C)C)(c2ccccc2)c2ccc(OC)cc2)cc1. The predicted molar refractivity (Wildman–Crippen MR) is 224 cm³/mol. The van der Waals surface area contributed by atoms with Gasteiger partial charge < -0.3 is 32.9 Å². The summed E-state index contributed by atoms with van der Waals surface area (Å²) in [7, 11) is 5.48. The van der Waals surface area contributed by atoms with E-state index in [-0.39, 0.29) is 31.7 Å². The minimum absolute atomic E-state index is 0.102. The van der Waals surface area contributed by atoms with Gasteiger partial charge in [-0.1, -0.05) is 54.6 Å². The molecule has 0 amide bonds. The van der Waals surface area contributed by atoms with Gasteiger partial charge in [0.15, 0.2) is 17.7 Å². The number of hydrogen-bond donors (Lipinski definition) is 0. The fourth-order valence-electron chi connectivity index (χ4n) is 7.14. The highest BCUT2D eigenvalue weighted by atomic mass is 31.2. The fourth-order valence-corrected chi connectivity index (χ4v) is 8.89. The van der Waals surface area contributed by atoms with Crippen molar-refractivity contribution < 1.29 is 28.0 Å². The van der Waals surface area contributed by atoms with Crippen LogP contribution in [0.4, 0.5) is 5.82 Å². The Bertz CT molecular complexity index is 2070. The molecule has 2 aromatic heterocycles. The van der Waals surface area contributed by atoms with Gasteiger partial charge in [0.1, 0.15) is 29.5 Å². The molecule has 1 unspecified atom stereocenters. The number of fused-ring (bicyclic) bond motifs is 1. The molecular weight excluding hydrogens is 755 g/mol. The quantitative estimate of drug-likeness (QED) is 0.0262. The van der Waals surface area contributed by atoms with Crippen molar-refractivity contribution in [2.75, 3.05) is 41.5 Å². The smallest absolute Gasteiger partial charge is 0.259 e. The predicted octanol–water partition coefficient (Wildman–Crippen LogP) is 8.02. The van der Waals surface area contributed by atoms with Crippen LogP contribution in [0.2, 0.25) is 0 Å². The zero-order chi connectivity index (χ0) is 41.2. The first-order valence-corrected chi connectivity index (χ1v) is 20.5. The van der Waals surface area contributed by atoms with E-state index in [0.717, 1.165) is 28.2 Å². The van der Waals surface area contributed by atoms with Crippen molar-refractivity contribution in [2.45, 2.75) is 76.7 Å². The summed E-state index contributed by atoms with van der Waals surface area (Å²) in [6, 6.07) is 28.4. The maximum absolute atomic E-state index is 9.40. The van der Waals surface area contributed by atoms with Crippen LogP contribution in [0.25, 0.3) is 11.0 Å². The van der Waals surface area contributed by atoms with Crippen LogP contribution in [0, 0.1) is 11.3 Å². The third-order valence-electron chi connectivity index (χ3n) is 9.76. The Morgan fingerprint density at radius 1 is 0.931 bits per heavy atom. The normalized spacial score (nSPS) is 17.7. The number of ether oxygens (including phenoxy) is 4. The molecule has 3 aromatic carbocycles. The van der Waals surface area contributed by atoms with Gasteiger partial charge in [-0.15, -0.1) is 0 Å². The maximum atomic E-state index is 9.40. The van der Waals surface area contributed by atoms with Crippen molar-refractivity contribution >= 4 is 31.7 Å². The van der Waals surface area contributed by atoms with Crippen molar-refractivity contribution in [2.24, 2.45) is 4.99 Å². The molecule has 1 saturated heterocycles. The average Bonchev–Trinajstić information content (AvgIpc) is 3.85. The van der Waals surface area contributed by atoms with Gasteiger partial charge >= 0.3 is 0 Å². The number of rotatable bonds is 19. The van der Waals surface area contributed by atoms with Gasteiger partial charge in [0, 0.05) is 32.6 Å². The van der Waals surface area contributed by atoms with E-state index >= 15 is 0 Å². The van der Waals surface area contributed by atoms with Crippen molar-refractivity contribution in [1.29, 1.82) is 5.26 Å². The standard InChI is InChI=1S/C43H53N8O6P/c1-30(2)51(31(3)4)58(55-24-12-23-44)57-38-25-40(50-42-37(26-48-50)41(45-28-46-42)47-29-49(5)6)56-39(38)27-54-43(32-13-10-9-11-14-32,33-15-19-35(52-7)20-16-33)34-17-21-36(53-8)22-18-34/h9-11,13-22,26,28-31,38-40H,12,24-25,27H2,1-8H3/b47-29+/t38-,39+,40+,58?/m0/s1. The summed E-state index contributed by atoms with van der Waals surface area (Å²) in [4.78, 5) is 15.4. The molecule has 306 valence electrons. The van der Waals surface area contributed by atoms with Gasteiger partial charge in [0.2, 0.25) is 0 Å². The minimum atomic E-state index is -1.62. The first-order valence-electron chi connectivity index (χ1n) is 19.4. The zero-order valence-corrected chi connectivity index (χ0v) is 35.3. The monoisotopic (exact) mass is 808 g/mol. The van der Waals surface area contributed by atoms with Gasteiger partial charge in [0.05, 0.1) is 63.9 Å². The fraction of sp³-hybridized carbons (Fsp3) is 0.419. The Balaban J connectivity index is 1.44. The van der Waals surface area contributed by atoms with Crippen molar-refractivity contribution in [3.63, 3.8) is 0 Å². The molecule has 1 fully saturated rings. The van der Waals surface area contributed by atoms with E-state index in [1.165, 1.54) is 6.33 Å². The first kappa shape index (κ1) is 42.6. The van der Waals surface area contributed by atoms with Crippen LogP contribution in [0.5, 0.6) is 11.5 Å². The Morgan fingerprint density at radius 2 is 1.55 bits per heavy atom. The van der Waals surface area contributed by atoms with Crippen molar-refractivity contribution in [1.82, 2.24) is 29.3 Å². The number of nitriles is 1. The number of methoxy groups -OCH3 is 2. The molecule has 4 atom stereocenters. The van der Waals surface area contributed by atoms with Crippen LogP contribution in [0.15, 0.2) is 96.4 Å². The molecule has 5 aromatic rings. The van der Waals surface area contributed by atoms with Crippen molar-refractivity contribution in [3.05, 3.63) is 108 Å². The van der Waals surface area contributed by atoms with E-state index in [0.29, 0.717) is 23.3 Å². The maximum Gasteiger partial charge on any atom is 0.259 e. The molecule has 0 saturated carbocycles. The molecule has 0 spiro atoms. The van der Waals surface area contributed by atoms with Crippen LogP contribution in [-0.2, 0) is 24.1 Å². The Morgan fingerprint density at radius 3 is 2.12 bits per heavy atom. The molecule has 14 nitrogen and oxygen atoms in total. The number of nitrogens with zero attached hydrogens (tertiary/aromatic N) is 8. The van der Waals surface area contributed by atoms with Crippen LogP contribution in [-0.4, -0.2) is 101 Å². The van der Waals surface area contributed by atoms with Crippen LogP contribution >= 0.6 is 8.53 Å². The Kier molecular flexibility index (Phi) is 14.4. The lowest BCUT2D eigenvalue weighted by Gasteiger charge is -2.39. The zero-order valence-electron chi connectivity index (χ0n) is 34.4. The number of hydrogen-bond acceptors (Lipinski definition) is 12. The summed E-state index contributed by atoms with van der Waals surface area (Å²) in [5.74, 6) is 1.96.